The molecule has 0 aliphatic rings. The number of nitrogens with one attached hydrogen (secondary N) is 3. The number of rotatable bonds is 0. The van der Waals surface area contributed by atoms with Crippen molar-refractivity contribution in [2.75, 3.05) is 0 Å². The van der Waals surface area contributed by atoms with Crippen molar-refractivity contribution in [3.8, 4) is 0 Å². The first-order chi connectivity index (χ1) is 24.2. The lowest BCUT2D eigenvalue weighted by molar-refractivity contribution is 0.588. The first-order valence-corrected chi connectivity index (χ1v) is 19.5. The van der Waals surface area contributed by atoms with Crippen molar-refractivity contribution in [1.29, 1.82) is 0 Å². The molecule has 0 aliphatic heterocycles. The average molecular weight is 703 g/mol. The van der Waals surface area contributed by atoms with Gasteiger partial charge < -0.3 is 15.0 Å². The van der Waals surface area contributed by atoms with Crippen LogP contribution in [0.3, 0.4) is 0 Å². The van der Waals surface area contributed by atoms with Crippen LogP contribution in [0.25, 0.3) is 33.1 Å². The summed E-state index contributed by atoms with van der Waals surface area (Å²) >= 11 is 0. The van der Waals surface area contributed by atoms with E-state index in [1.165, 1.54) is 32.8 Å². The Morgan fingerprint density at radius 1 is 0.451 bits per heavy atom. The van der Waals surface area contributed by atoms with Gasteiger partial charge in [-0.1, -0.05) is 145 Å². The summed E-state index contributed by atoms with van der Waals surface area (Å²) in [5.74, 6) is 0. The van der Waals surface area contributed by atoms with Gasteiger partial charge in [0.1, 0.15) is 16.9 Å². The molecule has 0 aromatic carbocycles. The Morgan fingerprint density at radius 2 is 0.922 bits per heavy atom. The number of H-pyrrole nitrogens is 3. The van der Waals surface area contributed by atoms with Gasteiger partial charge >= 0.3 is 0 Å². The van der Waals surface area contributed by atoms with Gasteiger partial charge in [-0.25, -0.2) is 15.0 Å². The molecule has 6 heterocycles. The summed E-state index contributed by atoms with van der Waals surface area (Å²) in [5.41, 5.74) is 7.42. The van der Waals surface area contributed by atoms with Crippen molar-refractivity contribution in [3.63, 3.8) is 0 Å². The van der Waals surface area contributed by atoms with Crippen LogP contribution in [0.2, 0.25) is 0 Å². The summed E-state index contributed by atoms with van der Waals surface area (Å²) in [6.45, 7) is 43.9. The van der Waals surface area contributed by atoms with Crippen LogP contribution in [0.4, 0.5) is 0 Å². The number of aromatic amines is 3. The van der Waals surface area contributed by atoms with Crippen molar-refractivity contribution < 1.29 is 0 Å². The van der Waals surface area contributed by atoms with Crippen LogP contribution in [-0.4, -0.2) is 29.9 Å². The maximum Gasteiger partial charge on any atom is 0.137 e. The first kappa shape index (κ1) is 51.4. The molecule has 6 nitrogen and oxygen atoms in total. The lowest BCUT2D eigenvalue weighted by Gasteiger charge is -2.19. The number of pyridine rings is 3. The second kappa shape index (κ2) is 26.8. The number of hydrogen-bond acceptors (Lipinski definition) is 3. The van der Waals surface area contributed by atoms with E-state index in [9.17, 15) is 0 Å². The maximum absolute atomic E-state index is 4.35. The number of nitrogens with zero attached hydrogens (tertiary/aromatic N) is 3. The smallest absolute Gasteiger partial charge is 0.137 e. The Kier molecular flexibility index (Phi) is 27.1. The molecular formula is C45H78N6. The molecule has 6 rings (SSSR count). The second-order valence-corrected chi connectivity index (χ2v) is 13.1. The van der Waals surface area contributed by atoms with E-state index in [2.05, 4.69) is 129 Å². The van der Waals surface area contributed by atoms with Gasteiger partial charge in [0.2, 0.25) is 0 Å². The molecule has 51 heavy (non-hydrogen) atoms. The van der Waals surface area contributed by atoms with Gasteiger partial charge in [0.15, 0.2) is 0 Å². The summed E-state index contributed by atoms with van der Waals surface area (Å²) in [6.07, 6.45) is 11.5. The minimum Gasteiger partial charge on any atom is -0.346 e. The number of fused-ring (bicyclic) bond motifs is 3. The topological polar surface area (TPSA) is 86.0 Å². The van der Waals surface area contributed by atoms with Gasteiger partial charge in [-0.3, -0.25) is 0 Å². The van der Waals surface area contributed by atoms with Gasteiger partial charge in [0, 0.05) is 53.3 Å². The highest BCUT2D eigenvalue weighted by Gasteiger charge is 2.18. The third-order valence-electron chi connectivity index (χ3n) is 6.79. The van der Waals surface area contributed by atoms with Crippen LogP contribution in [0.5, 0.6) is 0 Å². The standard InChI is InChI=1S/3C11H14N2.6C2H6/c1-11(2,3)9-5-7-13-10-8(9)4-6-12-10;1-11(2,3)9-6-8-4-5-12-10(8)13-7-9;1-11(2,3)9-7-13-10-8(9)5-4-6-12-10;6*1-2/h3*4-7H,1-3H3,(H,12,13);6*1-2H3. The molecule has 0 saturated heterocycles. The van der Waals surface area contributed by atoms with Crippen molar-refractivity contribution in [2.24, 2.45) is 0 Å². The molecule has 3 N–H and O–H groups in total. The molecule has 0 spiro atoms. The third kappa shape index (κ3) is 16.8. The minimum atomic E-state index is 0.179. The van der Waals surface area contributed by atoms with Crippen LogP contribution in [-0.2, 0) is 16.2 Å². The van der Waals surface area contributed by atoms with Crippen molar-refractivity contribution in [2.45, 2.75) is 162 Å². The summed E-state index contributed by atoms with van der Waals surface area (Å²) in [7, 11) is 0. The summed E-state index contributed by atoms with van der Waals surface area (Å²) < 4.78 is 0. The summed E-state index contributed by atoms with van der Waals surface area (Å²) in [6, 6.07) is 12.5. The molecule has 0 aliphatic carbocycles. The zero-order valence-corrected chi connectivity index (χ0v) is 36.8. The SMILES string of the molecule is CC.CC.CC.CC.CC.CC.CC(C)(C)c1c[nH]c2ncccc12.CC(C)(C)c1ccnc2[nH]ccc12.CC(C)(C)c1cnc2[nH]ccc2c1. The van der Waals surface area contributed by atoms with Gasteiger partial charge in [-0.05, 0) is 69.3 Å². The van der Waals surface area contributed by atoms with E-state index < -0.39 is 0 Å². The number of hydrogen-bond donors (Lipinski definition) is 3. The second-order valence-electron chi connectivity index (χ2n) is 13.1. The normalized spacial score (nSPS) is 10.1. The van der Waals surface area contributed by atoms with Crippen LogP contribution in [0.1, 0.15) is 162 Å². The maximum atomic E-state index is 4.35. The highest BCUT2D eigenvalue weighted by molar-refractivity contribution is 5.81. The Labute approximate surface area is 314 Å². The van der Waals surface area contributed by atoms with Gasteiger partial charge in [0.25, 0.3) is 0 Å². The minimum absolute atomic E-state index is 0.179. The Hall–Kier alpha value is -3.93. The lowest BCUT2D eigenvalue weighted by Crippen LogP contribution is -2.11. The Morgan fingerprint density at radius 3 is 1.45 bits per heavy atom. The lowest BCUT2D eigenvalue weighted by atomic mass is 9.86. The first-order valence-electron chi connectivity index (χ1n) is 19.5. The predicted molar refractivity (Wildman–Crippen MR) is 232 cm³/mol. The van der Waals surface area contributed by atoms with Crippen LogP contribution in [0, 0.1) is 0 Å². The van der Waals surface area contributed by atoms with E-state index in [0.717, 1.165) is 16.9 Å². The molecule has 0 saturated carbocycles. The van der Waals surface area contributed by atoms with E-state index in [1.54, 1.807) is 0 Å². The highest BCUT2D eigenvalue weighted by atomic mass is 14.8. The molecule has 0 radical (unpaired) electrons. The molecule has 0 unspecified atom stereocenters. The fourth-order valence-electron chi connectivity index (χ4n) is 4.54. The largest absolute Gasteiger partial charge is 0.346 e. The third-order valence-corrected chi connectivity index (χ3v) is 6.79. The average Bonchev–Trinajstić information content (AvgIpc) is 3.93. The quantitative estimate of drug-likeness (QED) is 0.147. The van der Waals surface area contributed by atoms with Crippen molar-refractivity contribution >= 4 is 33.1 Å². The van der Waals surface area contributed by atoms with Gasteiger partial charge in [-0.15, -0.1) is 0 Å². The molecule has 288 valence electrons. The zero-order valence-electron chi connectivity index (χ0n) is 36.8. The fourth-order valence-corrected chi connectivity index (χ4v) is 4.54. The van der Waals surface area contributed by atoms with Gasteiger partial charge in [-0.2, -0.15) is 0 Å². The van der Waals surface area contributed by atoms with Gasteiger partial charge in [0.05, 0.1) is 0 Å². The van der Waals surface area contributed by atoms with Crippen LogP contribution in [0.15, 0.2) is 73.6 Å². The summed E-state index contributed by atoms with van der Waals surface area (Å²) in [5, 5.41) is 3.65. The predicted octanol–water partition coefficient (Wildman–Crippen LogP) is 14.7. The molecule has 6 heteroatoms. The summed E-state index contributed by atoms with van der Waals surface area (Å²) in [4.78, 5) is 22.3. The molecule has 6 aromatic heterocycles. The molecule has 0 amide bonds. The van der Waals surface area contributed by atoms with Crippen LogP contribution >= 0.6 is 0 Å². The van der Waals surface area contributed by atoms with E-state index in [-0.39, 0.29) is 16.2 Å². The van der Waals surface area contributed by atoms with Crippen molar-refractivity contribution in [1.82, 2.24) is 29.9 Å². The van der Waals surface area contributed by atoms with E-state index in [0.29, 0.717) is 0 Å². The Balaban J connectivity index is -0.000000589. The van der Waals surface area contributed by atoms with Crippen LogP contribution < -0.4 is 0 Å². The highest BCUT2D eigenvalue weighted by Crippen LogP contribution is 2.29. The molecule has 0 fully saturated rings. The number of aromatic nitrogens is 6. The zero-order chi connectivity index (χ0) is 40.4. The molecule has 0 bridgehead atoms. The van der Waals surface area contributed by atoms with E-state index in [1.807, 2.05) is 120 Å². The molecular weight excluding hydrogens is 625 g/mol. The fraction of sp³-hybridized carbons (Fsp3) is 0.533. The van der Waals surface area contributed by atoms with E-state index in [4.69, 9.17) is 0 Å². The monoisotopic (exact) mass is 703 g/mol. The van der Waals surface area contributed by atoms with Crippen molar-refractivity contribution in [3.05, 3.63) is 90.3 Å². The van der Waals surface area contributed by atoms with E-state index >= 15 is 0 Å². The Bertz CT molecular complexity index is 1660. The molecule has 6 aromatic rings. The molecule has 0 atom stereocenters.